The summed E-state index contributed by atoms with van der Waals surface area (Å²) in [6.45, 7) is 1.14. The summed E-state index contributed by atoms with van der Waals surface area (Å²) in [6, 6.07) is 0. The standard InChI is InChI=1S/C15H18F3N5O2/c16-15(17,18)10-6-19-5-9(10)12-21-14(24)11-7-20-13(23(11)22-12)8-1-3-25-4-2-8/h7-10,19H,1-6H2,(H,21,22,24). The summed E-state index contributed by atoms with van der Waals surface area (Å²) < 4.78 is 46.4. The van der Waals surface area contributed by atoms with Crippen LogP contribution in [0.4, 0.5) is 13.2 Å². The van der Waals surface area contributed by atoms with Crippen molar-refractivity contribution >= 4 is 5.52 Å². The van der Waals surface area contributed by atoms with Gasteiger partial charge in [-0.25, -0.2) is 9.50 Å². The molecule has 7 nitrogen and oxygen atoms in total. The van der Waals surface area contributed by atoms with Crippen molar-refractivity contribution in [2.75, 3.05) is 26.3 Å². The first-order valence-corrected chi connectivity index (χ1v) is 8.28. The van der Waals surface area contributed by atoms with E-state index in [4.69, 9.17) is 4.74 Å². The normalized spacial score (nSPS) is 25.7. The third-order valence-corrected chi connectivity index (χ3v) is 5.02. The number of H-pyrrole nitrogens is 1. The predicted molar refractivity (Wildman–Crippen MR) is 81.6 cm³/mol. The number of hydrogen-bond acceptors (Lipinski definition) is 5. The lowest BCUT2D eigenvalue weighted by Crippen LogP contribution is -2.31. The van der Waals surface area contributed by atoms with Gasteiger partial charge in [0.05, 0.1) is 12.1 Å². The number of ether oxygens (including phenoxy) is 1. The molecule has 0 aliphatic carbocycles. The third-order valence-electron chi connectivity index (χ3n) is 5.02. The van der Waals surface area contributed by atoms with Gasteiger partial charge in [0.25, 0.3) is 5.56 Å². The van der Waals surface area contributed by atoms with Crippen LogP contribution in [-0.2, 0) is 4.74 Å². The highest BCUT2D eigenvalue weighted by Gasteiger charge is 2.48. The Morgan fingerprint density at radius 2 is 2.00 bits per heavy atom. The zero-order chi connectivity index (χ0) is 17.6. The Labute approximate surface area is 140 Å². The minimum absolute atomic E-state index is 0.0520. The summed E-state index contributed by atoms with van der Waals surface area (Å²) in [5.74, 6) is -1.74. The summed E-state index contributed by atoms with van der Waals surface area (Å²) >= 11 is 0. The maximum atomic E-state index is 13.2. The van der Waals surface area contributed by atoms with E-state index in [1.807, 2.05) is 0 Å². The number of aromatic nitrogens is 4. The van der Waals surface area contributed by atoms with E-state index in [0.29, 0.717) is 19.0 Å². The first-order chi connectivity index (χ1) is 11.9. The largest absolute Gasteiger partial charge is 0.393 e. The second kappa shape index (κ2) is 6.10. The summed E-state index contributed by atoms with van der Waals surface area (Å²) in [7, 11) is 0. The zero-order valence-electron chi connectivity index (χ0n) is 13.3. The van der Waals surface area contributed by atoms with E-state index in [-0.39, 0.29) is 30.3 Å². The lowest BCUT2D eigenvalue weighted by molar-refractivity contribution is -0.173. The van der Waals surface area contributed by atoms with Crippen LogP contribution in [0.15, 0.2) is 11.0 Å². The molecule has 4 heterocycles. The summed E-state index contributed by atoms with van der Waals surface area (Å²) in [5, 5.41) is 7.08. The number of fused-ring (bicyclic) bond motifs is 1. The second-order valence-corrected chi connectivity index (χ2v) is 6.55. The van der Waals surface area contributed by atoms with Gasteiger partial charge in [0, 0.05) is 38.1 Å². The fourth-order valence-electron chi connectivity index (χ4n) is 3.64. The molecular formula is C15H18F3N5O2. The molecule has 0 spiro atoms. The molecule has 2 fully saturated rings. The molecule has 136 valence electrons. The second-order valence-electron chi connectivity index (χ2n) is 6.55. The highest BCUT2D eigenvalue weighted by molar-refractivity contribution is 5.42. The average Bonchev–Trinajstić information content (AvgIpc) is 3.22. The van der Waals surface area contributed by atoms with Crippen LogP contribution < -0.4 is 10.9 Å². The molecule has 4 rings (SSSR count). The van der Waals surface area contributed by atoms with E-state index in [0.717, 1.165) is 12.8 Å². The molecule has 2 unspecified atom stereocenters. The van der Waals surface area contributed by atoms with Crippen molar-refractivity contribution in [3.05, 3.63) is 28.2 Å². The Kier molecular flexibility index (Phi) is 4.03. The lowest BCUT2D eigenvalue weighted by Gasteiger charge is -2.22. The van der Waals surface area contributed by atoms with E-state index in [2.05, 4.69) is 20.4 Å². The van der Waals surface area contributed by atoms with Crippen molar-refractivity contribution in [3.8, 4) is 0 Å². The van der Waals surface area contributed by atoms with E-state index < -0.39 is 23.6 Å². The fourth-order valence-corrected chi connectivity index (χ4v) is 3.64. The molecular weight excluding hydrogens is 339 g/mol. The van der Waals surface area contributed by atoms with Crippen LogP contribution in [0.3, 0.4) is 0 Å². The molecule has 2 N–H and O–H groups in total. The molecule has 2 atom stereocenters. The maximum Gasteiger partial charge on any atom is 0.393 e. The molecule has 2 aliphatic heterocycles. The van der Waals surface area contributed by atoms with Crippen molar-refractivity contribution < 1.29 is 17.9 Å². The van der Waals surface area contributed by atoms with Crippen LogP contribution in [-0.4, -0.2) is 52.1 Å². The van der Waals surface area contributed by atoms with Gasteiger partial charge in [-0.3, -0.25) is 4.79 Å². The first kappa shape index (κ1) is 16.5. The minimum atomic E-state index is -4.35. The van der Waals surface area contributed by atoms with Gasteiger partial charge in [-0.05, 0) is 12.8 Å². The van der Waals surface area contributed by atoms with E-state index >= 15 is 0 Å². The van der Waals surface area contributed by atoms with Crippen molar-refractivity contribution in [1.29, 1.82) is 0 Å². The quantitative estimate of drug-likeness (QED) is 0.843. The van der Waals surface area contributed by atoms with Gasteiger partial charge in [-0.2, -0.15) is 18.3 Å². The molecule has 2 saturated heterocycles. The van der Waals surface area contributed by atoms with E-state index in [1.54, 1.807) is 0 Å². The SMILES string of the molecule is O=c1[nH]c(C2CNCC2C(F)(F)F)nn2c(C3CCOCC3)ncc12. The van der Waals surface area contributed by atoms with Crippen molar-refractivity contribution in [2.24, 2.45) is 5.92 Å². The predicted octanol–water partition coefficient (Wildman–Crippen LogP) is 1.18. The molecule has 0 radical (unpaired) electrons. The van der Waals surface area contributed by atoms with Crippen LogP contribution >= 0.6 is 0 Å². The monoisotopic (exact) mass is 357 g/mol. The van der Waals surface area contributed by atoms with Gasteiger partial charge >= 0.3 is 6.18 Å². The molecule has 0 saturated carbocycles. The van der Waals surface area contributed by atoms with Crippen molar-refractivity contribution in [2.45, 2.75) is 30.9 Å². The summed E-state index contributed by atoms with van der Waals surface area (Å²) in [4.78, 5) is 19.1. The third kappa shape index (κ3) is 2.93. The Bertz CT molecular complexity index is 825. The van der Waals surface area contributed by atoms with Gasteiger partial charge in [0.2, 0.25) is 0 Å². The molecule has 2 aromatic rings. The number of aromatic amines is 1. The van der Waals surface area contributed by atoms with Crippen molar-refractivity contribution in [1.82, 2.24) is 24.9 Å². The number of hydrogen-bond donors (Lipinski definition) is 2. The first-order valence-electron chi connectivity index (χ1n) is 8.28. The number of nitrogens with one attached hydrogen (secondary N) is 2. The molecule has 0 bridgehead atoms. The Morgan fingerprint density at radius 1 is 1.24 bits per heavy atom. The van der Waals surface area contributed by atoms with Crippen LogP contribution in [0.25, 0.3) is 5.52 Å². The highest BCUT2D eigenvalue weighted by Crippen LogP contribution is 2.38. The molecule has 0 amide bonds. The topological polar surface area (TPSA) is 84.3 Å². The van der Waals surface area contributed by atoms with Crippen LogP contribution in [0, 0.1) is 5.92 Å². The number of rotatable bonds is 2. The summed E-state index contributed by atoms with van der Waals surface area (Å²) in [6.07, 6.45) is -1.42. The molecule has 0 aromatic carbocycles. The van der Waals surface area contributed by atoms with Crippen molar-refractivity contribution in [3.63, 3.8) is 0 Å². The zero-order valence-corrected chi connectivity index (χ0v) is 13.3. The summed E-state index contributed by atoms with van der Waals surface area (Å²) in [5.41, 5.74) is -0.219. The van der Waals surface area contributed by atoms with Crippen LogP contribution in [0.2, 0.25) is 0 Å². The van der Waals surface area contributed by atoms with E-state index in [9.17, 15) is 18.0 Å². The Hall–Kier alpha value is -1.94. The number of nitrogens with zero attached hydrogens (tertiary/aromatic N) is 3. The van der Waals surface area contributed by atoms with Crippen LogP contribution in [0.5, 0.6) is 0 Å². The molecule has 25 heavy (non-hydrogen) atoms. The average molecular weight is 357 g/mol. The highest BCUT2D eigenvalue weighted by atomic mass is 19.4. The van der Waals surface area contributed by atoms with Gasteiger partial charge < -0.3 is 15.0 Å². The molecule has 2 aromatic heterocycles. The van der Waals surface area contributed by atoms with Gasteiger partial charge in [-0.15, -0.1) is 0 Å². The maximum absolute atomic E-state index is 13.2. The minimum Gasteiger partial charge on any atom is -0.381 e. The van der Waals surface area contributed by atoms with Gasteiger partial charge in [0.1, 0.15) is 11.6 Å². The van der Waals surface area contributed by atoms with E-state index in [1.165, 1.54) is 10.7 Å². The fraction of sp³-hybridized carbons (Fsp3) is 0.667. The number of alkyl halides is 3. The molecule has 10 heteroatoms. The smallest absolute Gasteiger partial charge is 0.381 e. The van der Waals surface area contributed by atoms with Crippen LogP contribution in [0.1, 0.15) is 36.3 Å². The number of halogens is 3. The Morgan fingerprint density at radius 3 is 2.72 bits per heavy atom. The molecule has 2 aliphatic rings. The van der Waals surface area contributed by atoms with Gasteiger partial charge in [0.15, 0.2) is 5.52 Å². The Balaban J connectivity index is 1.77. The lowest BCUT2D eigenvalue weighted by atomic mass is 9.95. The van der Waals surface area contributed by atoms with Gasteiger partial charge in [-0.1, -0.05) is 0 Å². The number of imidazole rings is 1.